The number of nitrogens with one attached hydrogen (secondary N) is 3. The van der Waals surface area contributed by atoms with E-state index in [0.717, 1.165) is 11.7 Å². The van der Waals surface area contributed by atoms with Crippen LogP contribution in [-0.2, 0) is 0 Å². The molecule has 3 N–H and O–H groups in total. The lowest BCUT2D eigenvalue weighted by atomic mass is 9.91. The van der Waals surface area contributed by atoms with Crippen LogP contribution in [0.4, 0.5) is 4.39 Å². The van der Waals surface area contributed by atoms with Gasteiger partial charge in [-0.15, -0.1) is 0 Å². The van der Waals surface area contributed by atoms with Gasteiger partial charge in [0, 0.05) is 18.5 Å². The summed E-state index contributed by atoms with van der Waals surface area (Å²) in [5, 5.41) is 4.21. The number of thioether (sulfide) groups is 1. The summed E-state index contributed by atoms with van der Waals surface area (Å²) in [5.41, 5.74) is 7.07. The fourth-order valence-electron chi connectivity index (χ4n) is 2.46. The maximum absolute atomic E-state index is 14.0. The van der Waals surface area contributed by atoms with Crippen molar-refractivity contribution in [1.82, 2.24) is 16.2 Å². The summed E-state index contributed by atoms with van der Waals surface area (Å²) in [6.07, 6.45) is 1.89. The summed E-state index contributed by atoms with van der Waals surface area (Å²) >= 11 is 1.56. The van der Waals surface area contributed by atoms with Crippen molar-refractivity contribution in [2.45, 2.75) is 32.0 Å². The van der Waals surface area contributed by atoms with Gasteiger partial charge < -0.3 is 5.32 Å². The van der Waals surface area contributed by atoms with Crippen LogP contribution in [0.25, 0.3) is 0 Å². The molecule has 2 rings (SSSR count). The average Bonchev–Trinajstić information content (AvgIpc) is 2.80. The number of hydrazine groups is 1. The highest BCUT2D eigenvalue weighted by Crippen LogP contribution is 2.28. The molecule has 0 amide bonds. The third-order valence-corrected chi connectivity index (χ3v) is 4.04. The van der Waals surface area contributed by atoms with Crippen LogP contribution in [0.1, 0.15) is 25.3 Å². The first-order valence-corrected chi connectivity index (χ1v) is 8.00. The van der Waals surface area contributed by atoms with E-state index in [-0.39, 0.29) is 23.9 Å². The summed E-state index contributed by atoms with van der Waals surface area (Å²) in [4.78, 5) is 4.39. The Morgan fingerprint density at radius 1 is 1.40 bits per heavy atom. The standard InChI is InChI=1S/C14H21FN4S/c1-4-16-14(20-3)17-13-12(9(2)18-19-13)10-7-5-6-8-11(10)15/h5-9,12-13,18-19H,4H2,1-3H3,(H,16,17). The van der Waals surface area contributed by atoms with Gasteiger partial charge in [0.25, 0.3) is 0 Å². The highest BCUT2D eigenvalue weighted by atomic mass is 32.2. The number of aliphatic imine (C=N–C) groups is 1. The van der Waals surface area contributed by atoms with Gasteiger partial charge in [-0.05, 0) is 31.7 Å². The van der Waals surface area contributed by atoms with E-state index >= 15 is 0 Å². The van der Waals surface area contributed by atoms with E-state index in [4.69, 9.17) is 0 Å². The van der Waals surface area contributed by atoms with Crippen LogP contribution < -0.4 is 16.2 Å². The van der Waals surface area contributed by atoms with Crippen molar-refractivity contribution >= 4 is 16.9 Å². The molecular weight excluding hydrogens is 275 g/mol. The summed E-state index contributed by atoms with van der Waals surface area (Å²) in [6, 6.07) is 7.07. The molecule has 1 saturated heterocycles. The van der Waals surface area contributed by atoms with Gasteiger partial charge in [0.05, 0.1) is 6.17 Å². The average molecular weight is 296 g/mol. The Morgan fingerprint density at radius 3 is 2.80 bits per heavy atom. The van der Waals surface area contributed by atoms with E-state index in [2.05, 4.69) is 21.2 Å². The topological polar surface area (TPSA) is 48.5 Å². The van der Waals surface area contributed by atoms with E-state index in [1.807, 2.05) is 32.2 Å². The Morgan fingerprint density at radius 2 is 2.15 bits per heavy atom. The molecule has 4 nitrogen and oxygen atoms in total. The first-order valence-electron chi connectivity index (χ1n) is 6.77. The summed E-state index contributed by atoms with van der Waals surface area (Å²) < 4.78 is 14.0. The molecule has 0 saturated carbocycles. The number of halogens is 1. The minimum atomic E-state index is -0.167. The predicted molar refractivity (Wildman–Crippen MR) is 83.3 cm³/mol. The van der Waals surface area contributed by atoms with Crippen LogP contribution in [0.3, 0.4) is 0 Å². The highest BCUT2D eigenvalue weighted by molar-refractivity contribution is 8.13. The third kappa shape index (κ3) is 3.31. The molecule has 6 heteroatoms. The van der Waals surface area contributed by atoms with Crippen molar-refractivity contribution in [3.63, 3.8) is 0 Å². The lowest BCUT2D eigenvalue weighted by Crippen LogP contribution is -2.45. The zero-order chi connectivity index (χ0) is 14.5. The quantitative estimate of drug-likeness (QED) is 0.590. The summed E-state index contributed by atoms with van der Waals surface area (Å²) in [7, 11) is 0. The molecule has 0 aromatic heterocycles. The molecule has 1 aromatic carbocycles. The number of amidine groups is 1. The molecule has 1 heterocycles. The molecule has 3 unspecified atom stereocenters. The van der Waals surface area contributed by atoms with E-state index in [9.17, 15) is 4.39 Å². The second-order valence-electron chi connectivity index (χ2n) is 4.73. The molecule has 0 spiro atoms. The molecule has 20 heavy (non-hydrogen) atoms. The molecule has 0 radical (unpaired) electrons. The van der Waals surface area contributed by atoms with Gasteiger partial charge in [0.1, 0.15) is 5.82 Å². The lowest BCUT2D eigenvalue weighted by Gasteiger charge is -2.23. The lowest BCUT2D eigenvalue weighted by molar-refractivity contribution is 0.481. The number of rotatable bonds is 3. The van der Waals surface area contributed by atoms with E-state index in [1.165, 1.54) is 6.07 Å². The van der Waals surface area contributed by atoms with Gasteiger partial charge >= 0.3 is 0 Å². The summed E-state index contributed by atoms with van der Waals surface area (Å²) in [6.45, 7) is 4.76. The van der Waals surface area contributed by atoms with Crippen molar-refractivity contribution in [1.29, 1.82) is 0 Å². The van der Waals surface area contributed by atoms with Crippen molar-refractivity contribution in [3.05, 3.63) is 35.6 Å². The first kappa shape index (κ1) is 15.3. The number of nitrogens with zero attached hydrogens (tertiary/aromatic N) is 1. The normalized spacial score (nSPS) is 26.8. The second-order valence-corrected chi connectivity index (χ2v) is 5.53. The number of hydrogen-bond acceptors (Lipinski definition) is 4. The van der Waals surface area contributed by atoms with Crippen molar-refractivity contribution in [2.24, 2.45) is 4.99 Å². The Bertz CT molecular complexity index is 480. The maximum Gasteiger partial charge on any atom is 0.157 e. The van der Waals surface area contributed by atoms with E-state index in [1.54, 1.807) is 17.8 Å². The van der Waals surface area contributed by atoms with Gasteiger partial charge in [-0.1, -0.05) is 30.0 Å². The zero-order valence-electron chi connectivity index (χ0n) is 12.0. The molecule has 3 atom stereocenters. The summed E-state index contributed by atoms with van der Waals surface area (Å²) in [5.74, 6) is -0.162. The van der Waals surface area contributed by atoms with Crippen LogP contribution in [0, 0.1) is 5.82 Å². The van der Waals surface area contributed by atoms with Crippen LogP contribution in [0.15, 0.2) is 29.3 Å². The Kier molecular flexibility index (Phi) is 5.39. The second kappa shape index (κ2) is 7.06. The van der Waals surface area contributed by atoms with Crippen LogP contribution in [0.5, 0.6) is 0 Å². The molecule has 1 aromatic rings. The molecule has 1 aliphatic heterocycles. The monoisotopic (exact) mass is 296 g/mol. The van der Waals surface area contributed by atoms with E-state index in [0.29, 0.717) is 5.56 Å². The Hall–Kier alpha value is -1.11. The van der Waals surface area contributed by atoms with Gasteiger partial charge in [-0.2, -0.15) is 0 Å². The van der Waals surface area contributed by atoms with Crippen LogP contribution in [-0.4, -0.2) is 30.2 Å². The fraction of sp³-hybridized carbons (Fsp3) is 0.500. The third-order valence-electron chi connectivity index (χ3n) is 3.40. The minimum absolute atomic E-state index is 0.00501. The number of hydrogen-bond donors (Lipinski definition) is 3. The SMILES string of the molecule is CCN=C(NC1NNC(C)C1c1ccccc1F)SC. The predicted octanol–water partition coefficient (Wildman–Crippen LogP) is 2.06. The highest BCUT2D eigenvalue weighted by Gasteiger charge is 2.36. The van der Waals surface area contributed by atoms with Crippen molar-refractivity contribution < 1.29 is 4.39 Å². The maximum atomic E-state index is 14.0. The zero-order valence-corrected chi connectivity index (χ0v) is 12.8. The first-order chi connectivity index (χ1) is 9.67. The number of benzene rings is 1. The van der Waals surface area contributed by atoms with Crippen LogP contribution in [0.2, 0.25) is 0 Å². The van der Waals surface area contributed by atoms with Crippen LogP contribution >= 0.6 is 11.8 Å². The Labute approximate surface area is 123 Å². The fourth-order valence-corrected chi connectivity index (χ4v) is 2.96. The largest absolute Gasteiger partial charge is 0.348 e. The van der Waals surface area contributed by atoms with E-state index < -0.39 is 0 Å². The van der Waals surface area contributed by atoms with Crippen molar-refractivity contribution in [2.75, 3.05) is 12.8 Å². The van der Waals surface area contributed by atoms with Gasteiger partial charge in [0.2, 0.25) is 0 Å². The van der Waals surface area contributed by atoms with Crippen molar-refractivity contribution in [3.8, 4) is 0 Å². The molecule has 1 fully saturated rings. The van der Waals surface area contributed by atoms with Gasteiger partial charge in [-0.25, -0.2) is 9.82 Å². The molecule has 1 aliphatic rings. The molecule has 110 valence electrons. The van der Waals surface area contributed by atoms with Gasteiger partial charge in [0.15, 0.2) is 5.17 Å². The molecular formula is C14H21FN4S. The van der Waals surface area contributed by atoms with Gasteiger partial charge in [-0.3, -0.25) is 10.4 Å². The molecule has 0 bridgehead atoms. The minimum Gasteiger partial charge on any atom is -0.348 e. The molecule has 0 aliphatic carbocycles. The Balaban J connectivity index is 2.21. The smallest absolute Gasteiger partial charge is 0.157 e.